The number of hydrogen-bond acceptors (Lipinski definition) is 2. The highest BCUT2D eigenvalue weighted by atomic mass is 16.5. The van der Waals surface area contributed by atoms with E-state index in [4.69, 9.17) is 4.74 Å². The fourth-order valence-corrected chi connectivity index (χ4v) is 1.10. The molecule has 0 saturated heterocycles. The number of anilines is 1. The summed E-state index contributed by atoms with van der Waals surface area (Å²) in [6, 6.07) is 8.00. The Morgan fingerprint density at radius 1 is 1.43 bits per heavy atom. The van der Waals surface area contributed by atoms with Crippen molar-refractivity contribution in [3.8, 4) is 5.75 Å². The molecule has 0 aromatic heterocycles. The van der Waals surface area contributed by atoms with Gasteiger partial charge >= 0.3 is 0 Å². The topological polar surface area (TPSA) is 12.5 Å². The van der Waals surface area contributed by atoms with Crippen LogP contribution in [0.15, 0.2) is 36.9 Å². The van der Waals surface area contributed by atoms with Gasteiger partial charge in [-0.25, -0.2) is 0 Å². The summed E-state index contributed by atoms with van der Waals surface area (Å²) in [4.78, 5) is 2.05. The van der Waals surface area contributed by atoms with Crippen LogP contribution in [0.4, 0.5) is 5.69 Å². The Labute approximate surface area is 85.8 Å². The summed E-state index contributed by atoms with van der Waals surface area (Å²) in [5.74, 6) is 0.878. The minimum absolute atomic E-state index is 0.0485. The van der Waals surface area contributed by atoms with Crippen LogP contribution in [-0.2, 0) is 0 Å². The van der Waals surface area contributed by atoms with Crippen LogP contribution in [0.3, 0.4) is 0 Å². The maximum Gasteiger partial charge on any atom is 0.122 e. The predicted octanol–water partition coefficient (Wildman–Crippen LogP) is 2.71. The van der Waals surface area contributed by atoms with Gasteiger partial charge in [-0.05, 0) is 19.1 Å². The number of rotatable bonds is 4. The molecular formula is C12H17NO. The van der Waals surface area contributed by atoms with Crippen LogP contribution in [0.1, 0.15) is 6.92 Å². The van der Waals surface area contributed by atoms with Crippen molar-refractivity contribution in [1.29, 1.82) is 0 Å². The third-order valence-electron chi connectivity index (χ3n) is 1.99. The molecule has 1 aromatic carbocycles. The quantitative estimate of drug-likeness (QED) is 0.678. The van der Waals surface area contributed by atoms with Crippen LogP contribution in [0.2, 0.25) is 0 Å². The average molecular weight is 191 g/mol. The minimum atomic E-state index is 0.0485. The Morgan fingerprint density at radius 3 is 2.71 bits per heavy atom. The Hall–Kier alpha value is -1.44. The highest BCUT2D eigenvalue weighted by Gasteiger charge is 2.00. The zero-order valence-electron chi connectivity index (χ0n) is 9.03. The molecule has 2 nitrogen and oxygen atoms in total. The number of ether oxygens (including phenoxy) is 1. The Kier molecular flexibility index (Phi) is 3.57. The molecule has 0 aliphatic heterocycles. The van der Waals surface area contributed by atoms with Gasteiger partial charge in [0.2, 0.25) is 0 Å². The Morgan fingerprint density at radius 2 is 2.14 bits per heavy atom. The third kappa shape index (κ3) is 2.80. The molecule has 0 saturated carbocycles. The zero-order valence-corrected chi connectivity index (χ0v) is 9.03. The molecule has 0 fully saturated rings. The zero-order chi connectivity index (χ0) is 10.6. The fraction of sp³-hybridized carbons (Fsp3) is 0.333. The van der Waals surface area contributed by atoms with E-state index in [9.17, 15) is 0 Å². The molecule has 0 radical (unpaired) electrons. The van der Waals surface area contributed by atoms with E-state index in [1.807, 2.05) is 50.2 Å². The lowest BCUT2D eigenvalue weighted by atomic mass is 10.3. The van der Waals surface area contributed by atoms with Gasteiger partial charge in [-0.2, -0.15) is 0 Å². The van der Waals surface area contributed by atoms with Gasteiger partial charge in [-0.1, -0.05) is 18.7 Å². The maximum absolute atomic E-state index is 5.61. The van der Waals surface area contributed by atoms with Gasteiger partial charge in [0, 0.05) is 25.8 Å². The van der Waals surface area contributed by atoms with Crippen LogP contribution in [-0.4, -0.2) is 20.2 Å². The van der Waals surface area contributed by atoms with Crippen LogP contribution in [0.5, 0.6) is 5.75 Å². The summed E-state index contributed by atoms with van der Waals surface area (Å²) >= 11 is 0. The van der Waals surface area contributed by atoms with Crippen LogP contribution < -0.4 is 9.64 Å². The first kappa shape index (κ1) is 10.6. The molecule has 76 valence electrons. The lowest BCUT2D eigenvalue weighted by Crippen LogP contribution is -2.10. The second-order valence-electron chi connectivity index (χ2n) is 3.45. The molecule has 1 aromatic rings. The van der Waals surface area contributed by atoms with Crippen molar-refractivity contribution < 1.29 is 4.74 Å². The highest BCUT2D eigenvalue weighted by Crippen LogP contribution is 2.20. The van der Waals surface area contributed by atoms with Crippen molar-refractivity contribution in [3.63, 3.8) is 0 Å². The lowest BCUT2D eigenvalue weighted by molar-refractivity contribution is 0.270. The standard InChI is InChI=1S/C12H17NO/c1-5-10(2)14-12-8-6-7-11(9-12)13(3)4/h5-10H,1H2,2-4H3. The lowest BCUT2D eigenvalue weighted by Gasteiger charge is -2.15. The van der Waals surface area contributed by atoms with Crippen molar-refractivity contribution >= 4 is 5.69 Å². The first-order valence-corrected chi connectivity index (χ1v) is 4.70. The predicted molar refractivity (Wildman–Crippen MR) is 61.1 cm³/mol. The molecule has 0 aliphatic carbocycles. The van der Waals surface area contributed by atoms with Crippen LogP contribution in [0.25, 0.3) is 0 Å². The molecule has 0 amide bonds. The molecule has 0 N–H and O–H groups in total. The number of benzene rings is 1. The Balaban J connectivity index is 2.78. The SMILES string of the molecule is C=CC(C)Oc1cccc(N(C)C)c1. The first-order chi connectivity index (χ1) is 6.63. The maximum atomic E-state index is 5.61. The molecular weight excluding hydrogens is 174 g/mol. The van der Waals surface area contributed by atoms with E-state index in [1.165, 1.54) is 0 Å². The van der Waals surface area contributed by atoms with E-state index in [0.717, 1.165) is 11.4 Å². The summed E-state index contributed by atoms with van der Waals surface area (Å²) in [5, 5.41) is 0. The van der Waals surface area contributed by atoms with Crippen molar-refractivity contribution in [1.82, 2.24) is 0 Å². The van der Waals surface area contributed by atoms with Gasteiger partial charge in [0.1, 0.15) is 11.9 Å². The smallest absolute Gasteiger partial charge is 0.122 e. The van der Waals surface area contributed by atoms with Crippen molar-refractivity contribution in [2.75, 3.05) is 19.0 Å². The third-order valence-corrected chi connectivity index (χ3v) is 1.99. The summed E-state index contributed by atoms with van der Waals surface area (Å²) < 4.78 is 5.61. The van der Waals surface area contributed by atoms with Gasteiger partial charge < -0.3 is 9.64 Å². The largest absolute Gasteiger partial charge is 0.487 e. The van der Waals surface area contributed by atoms with Gasteiger partial charge in [-0.3, -0.25) is 0 Å². The van der Waals surface area contributed by atoms with Gasteiger partial charge in [0.25, 0.3) is 0 Å². The van der Waals surface area contributed by atoms with Gasteiger partial charge in [0.05, 0.1) is 0 Å². The van der Waals surface area contributed by atoms with Crippen molar-refractivity contribution in [3.05, 3.63) is 36.9 Å². The fourth-order valence-electron chi connectivity index (χ4n) is 1.10. The van der Waals surface area contributed by atoms with E-state index < -0.39 is 0 Å². The van der Waals surface area contributed by atoms with Crippen molar-refractivity contribution in [2.45, 2.75) is 13.0 Å². The summed E-state index contributed by atoms with van der Waals surface area (Å²) in [5.41, 5.74) is 1.14. The first-order valence-electron chi connectivity index (χ1n) is 4.70. The van der Waals surface area contributed by atoms with Crippen LogP contribution >= 0.6 is 0 Å². The molecule has 2 heteroatoms. The molecule has 1 atom stereocenters. The van der Waals surface area contributed by atoms with Gasteiger partial charge in [0.15, 0.2) is 0 Å². The van der Waals surface area contributed by atoms with Crippen LogP contribution in [0, 0.1) is 0 Å². The Bertz CT molecular complexity index is 307. The van der Waals surface area contributed by atoms with E-state index in [0.29, 0.717) is 0 Å². The highest BCUT2D eigenvalue weighted by molar-refractivity contribution is 5.49. The second kappa shape index (κ2) is 4.70. The van der Waals surface area contributed by atoms with E-state index in [-0.39, 0.29) is 6.10 Å². The average Bonchev–Trinajstić information content (AvgIpc) is 2.18. The monoisotopic (exact) mass is 191 g/mol. The molecule has 14 heavy (non-hydrogen) atoms. The number of hydrogen-bond donors (Lipinski definition) is 0. The summed E-state index contributed by atoms with van der Waals surface area (Å²) in [7, 11) is 4.02. The van der Waals surface area contributed by atoms with E-state index >= 15 is 0 Å². The molecule has 0 spiro atoms. The van der Waals surface area contributed by atoms with Crippen molar-refractivity contribution in [2.24, 2.45) is 0 Å². The molecule has 1 unspecified atom stereocenters. The number of nitrogens with zero attached hydrogens (tertiary/aromatic N) is 1. The second-order valence-corrected chi connectivity index (χ2v) is 3.45. The molecule has 0 bridgehead atoms. The molecule has 0 aliphatic rings. The normalized spacial score (nSPS) is 11.9. The van der Waals surface area contributed by atoms with Gasteiger partial charge in [-0.15, -0.1) is 0 Å². The summed E-state index contributed by atoms with van der Waals surface area (Å²) in [6.07, 6.45) is 1.83. The van der Waals surface area contributed by atoms with E-state index in [2.05, 4.69) is 6.58 Å². The van der Waals surface area contributed by atoms with E-state index in [1.54, 1.807) is 6.08 Å². The summed E-state index contributed by atoms with van der Waals surface area (Å²) in [6.45, 7) is 5.65. The minimum Gasteiger partial charge on any atom is -0.487 e. The molecule has 0 heterocycles. The molecule has 1 rings (SSSR count).